The van der Waals surface area contributed by atoms with Gasteiger partial charge in [-0.15, -0.1) is 0 Å². The second-order valence-electron chi connectivity index (χ2n) is 4.53. The maximum absolute atomic E-state index is 12.1. The van der Waals surface area contributed by atoms with E-state index in [0.29, 0.717) is 5.56 Å². The Morgan fingerprint density at radius 1 is 1.10 bits per heavy atom. The Labute approximate surface area is 127 Å². The van der Waals surface area contributed by atoms with Gasteiger partial charge >= 0.3 is 0 Å². The summed E-state index contributed by atoms with van der Waals surface area (Å²) in [7, 11) is 0. The molecule has 0 saturated carbocycles. The molecule has 0 fully saturated rings. The van der Waals surface area contributed by atoms with Crippen LogP contribution in [0.5, 0.6) is 0 Å². The molecular formula is C16H17BrN2O. The van der Waals surface area contributed by atoms with Crippen LogP contribution in [0.3, 0.4) is 0 Å². The van der Waals surface area contributed by atoms with Crippen molar-refractivity contribution in [2.75, 3.05) is 17.2 Å². The number of benzene rings is 2. The summed E-state index contributed by atoms with van der Waals surface area (Å²) >= 11 is 3.46. The number of amides is 1. The van der Waals surface area contributed by atoms with Crippen LogP contribution in [0.1, 0.15) is 22.8 Å². The van der Waals surface area contributed by atoms with Gasteiger partial charge in [0.1, 0.15) is 0 Å². The summed E-state index contributed by atoms with van der Waals surface area (Å²) in [5.74, 6) is -0.108. The molecule has 2 aromatic rings. The number of carbonyl (C=O) groups is 1. The number of halogens is 1. The van der Waals surface area contributed by atoms with Crippen molar-refractivity contribution in [3.05, 3.63) is 58.1 Å². The zero-order chi connectivity index (χ0) is 14.5. The van der Waals surface area contributed by atoms with E-state index in [9.17, 15) is 4.79 Å². The highest BCUT2D eigenvalue weighted by molar-refractivity contribution is 9.10. The van der Waals surface area contributed by atoms with E-state index in [-0.39, 0.29) is 5.91 Å². The summed E-state index contributed by atoms with van der Waals surface area (Å²) in [6.45, 7) is 4.91. The van der Waals surface area contributed by atoms with Gasteiger partial charge in [-0.1, -0.05) is 22.0 Å². The quantitative estimate of drug-likeness (QED) is 0.868. The molecule has 2 rings (SSSR count). The molecule has 4 heteroatoms. The predicted octanol–water partition coefficient (Wildman–Crippen LogP) is 4.44. The third kappa shape index (κ3) is 3.61. The van der Waals surface area contributed by atoms with Crippen LogP contribution in [0.2, 0.25) is 0 Å². The number of anilines is 2. The molecule has 2 N–H and O–H groups in total. The van der Waals surface area contributed by atoms with E-state index < -0.39 is 0 Å². The van der Waals surface area contributed by atoms with E-state index in [4.69, 9.17) is 0 Å². The molecule has 0 saturated heterocycles. The van der Waals surface area contributed by atoms with E-state index in [0.717, 1.165) is 28.0 Å². The molecule has 0 aliphatic heterocycles. The van der Waals surface area contributed by atoms with Gasteiger partial charge in [-0.3, -0.25) is 4.79 Å². The summed E-state index contributed by atoms with van der Waals surface area (Å²) < 4.78 is 0.984. The van der Waals surface area contributed by atoms with Crippen molar-refractivity contribution in [2.45, 2.75) is 13.8 Å². The van der Waals surface area contributed by atoms with E-state index in [1.807, 2.05) is 56.3 Å². The van der Waals surface area contributed by atoms with Crippen LogP contribution in [0.15, 0.2) is 46.9 Å². The van der Waals surface area contributed by atoms with Crippen molar-refractivity contribution in [3.63, 3.8) is 0 Å². The molecule has 20 heavy (non-hydrogen) atoms. The number of hydrogen-bond donors (Lipinski definition) is 2. The van der Waals surface area contributed by atoms with Gasteiger partial charge in [0.05, 0.1) is 0 Å². The lowest BCUT2D eigenvalue weighted by molar-refractivity contribution is 0.102. The zero-order valence-corrected chi connectivity index (χ0v) is 13.1. The van der Waals surface area contributed by atoms with Gasteiger partial charge < -0.3 is 10.6 Å². The molecule has 2 aromatic carbocycles. The van der Waals surface area contributed by atoms with Gasteiger partial charge in [-0.05, 0) is 55.8 Å². The Morgan fingerprint density at radius 2 is 1.75 bits per heavy atom. The highest BCUT2D eigenvalue weighted by atomic mass is 79.9. The summed E-state index contributed by atoms with van der Waals surface area (Å²) in [5.41, 5.74) is 3.58. The first-order valence-electron chi connectivity index (χ1n) is 6.51. The molecule has 0 spiro atoms. The van der Waals surface area contributed by atoms with Crippen molar-refractivity contribution in [1.82, 2.24) is 0 Å². The molecule has 0 heterocycles. The third-order valence-corrected chi connectivity index (χ3v) is 3.81. The van der Waals surface area contributed by atoms with Gasteiger partial charge in [-0.25, -0.2) is 0 Å². The molecule has 0 unspecified atom stereocenters. The minimum Gasteiger partial charge on any atom is -0.385 e. The first-order chi connectivity index (χ1) is 9.60. The zero-order valence-electron chi connectivity index (χ0n) is 11.5. The van der Waals surface area contributed by atoms with Crippen LogP contribution in [0.25, 0.3) is 0 Å². The summed E-state index contributed by atoms with van der Waals surface area (Å²) in [6, 6.07) is 13.2. The van der Waals surface area contributed by atoms with Crippen LogP contribution in [0, 0.1) is 6.92 Å². The standard InChI is InChI=1S/C16H17BrN2O/c1-3-18-13-8-5-12(6-9-13)16(20)19-14-7-4-11(2)15(17)10-14/h4-10,18H,3H2,1-2H3,(H,19,20). The Morgan fingerprint density at radius 3 is 2.35 bits per heavy atom. The minimum atomic E-state index is -0.108. The first kappa shape index (κ1) is 14.6. The van der Waals surface area contributed by atoms with E-state index in [1.165, 1.54) is 0 Å². The molecule has 1 amide bonds. The SMILES string of the molecule is CCNc1ccc(C(=O)Nc2ccc(C)c(Br)c2)cc1. The Bertz CT molecular complexity index is 608. The first-order valence-corrected chi connectivity index (χ1v) is 7.31. The molecule has 104 valence electrons. The maximum Gasteiger partial charge on any atom is 0.255 e. The van der Waals surface area contributed by atoms with Crippen LogP contribution in [0.4, 0.5) is 11.4 Å². The molecule has 0 bridgehead atoms. The number of nitrogens with one attached hydrogen (secondary N) is 2. The lowest BCUT2D eigenvalue weighted by Crippen LogP contribution is -2.12. The van der Waals surface area contributed by atoms with Crippen molar-refractivity contribution in [2.24, 2.45) is 0 Å². The summed E-state index contributed by atoms with van der Waals surface area (Å²) in [6.07, 6.45) is 0. The van der Waals surface area contributed by atoms with Gasteiger partial charge in [0.25, 0.3) is 5.91 Å². The van der Waals surface area contributed by atoms with Crippen LogP contribution in [-0.2, 0) is 0 Å². The van der Waals surface area contributed by atoms with Crippen molar-refractivity contribution >= 4 is 33.2 Å². The van der Waals surface area contributed by atoms with Crippen LogP contribution >= 0.6 is 15.9 Å². The molecule has 0 aromatic heterocycles. The fourth-order valence-corrected chi connectivity index (χ4v) is 2.20. The molecule has 0 radical (unpaired) electrons. The van der Waals surface area contributed by atoms with Crippen LogP contribution < -0.4 is 10.6 Å². The van der Waals surface area contributed by atoms with Gasteiger partial charge in [0.2, 0.25) is 0 Å². The lowest BCUT2D eigenvalue weighted by Gasteiger charge is -2.08. The van der Waals surface area contributed by atoms with Crippen molar-refractivity contribution in [1.29, 1.82) is 0 Å². The van der Waals surface area contributed by atoms with E-state index >= 15 is 0 Å². The van der Waals surface area contributed by atoms with Crippen LogP contribution in [-0.4, -0.2) is 12.5 Å². The van der Waals surface area contributed by atoms with Crippen molar-refractivity contribution in [3.8, 4) is 0 Å². The molecule has 0 atom stereocenters. The molecule has 0 aliphatic carbocycles. The monoisotopic (exact) mass is 332 g/mol. The predicted molar refractivity (Wildman–Crippen MR) is 87.4 cm³/mol. The second kappa shape index (κ2) is 6.57. The van der Waals surface area contributed by atoms with Crippen molar-refractivity contribution < 1.29 is 4.79 Å². The normalized spacial score (nSPS) is 10.2. The fraction of sp³-hybridized carbons (Fsp3) is 0.188. The average Bonchev–Trinajstić information content (AvgIpc) is 2.44. The minimum absolute atomic E-state index is 0.108. The Hall–Kier alpha value is -1.81. The highest BCUT2D eigenvalue weighted by Gasteiger charge is 2.06. The van der Waals surface area contributed by atoms with Gasteiger partial charge in [0, 0.05) is 28.0 Å². The number of rotatable bonds is 4. The summed E-state index contributed by atoms with van der Waals surface area (Å²) in [5, 5.41) is 6.09. The Kier molecular flexibility index (Phi) is 4.79. The molecular weight excluding hydrogens is 316 g/mol. The molecule has 0 aliphatic rings. The fourth-order valence-electron chi connectivity index (χ4n) is 1.82. The second-order valence-corrected chi connectivity index (χ2v) is 5.38. The van der Waals surface area contributed by atoms with E-state index in [1.54, 1.807) is 0 Å². The average molecular weight is 333 g/mol. The van der Waals surface area contributed by atoms with Gasteiger partial charge in [0.15, 0.2) is 0 Å². The maximum atomic E-state index is 12.1. The van der Waals surface area contributed by atoms with E-state index in [2.05, 4.69) is 26.6 Å². The number of hydrogen-bond acceptors (Lipinski definition) is 2. The lowest BCUT2D eigenvalue weighted by atomic mass is 10.1. The molecule has 3 nitrogen and oxygen atoms in total. The summed E-state index contributed by atoms with van der Waals surface area (Å²) in [4.78, 5) is 12.1. The third-order valence-electron chi connectivity index (χ3n) is 2.96. The topological polar surface area (TPSA) is 41.1 Å². The largest absolute Gasteiger partial charge is 0.385 e. The highest BCUT2D eigenvalue weighted by Crippen LogP contribution is 2.21. The van der Waals surface area contributed by atoms with Gasteiger partial charge in [-0.2, -0.15) is 0 Å². The Balaban J connectivity index is 2.09. The smallest absolute Gasteiger partial charge is 0.255 e. The number of carbonyl (C=O) groups excluding carboxylic acids is 1. The number of aryl methyl sites for hydroxylation is 1.